The van der Waals surface area contributed by atoms with Gasteiger partial charge in [0.2, 0.25) is 0 Å². The smallest absolute Gasteiger partial charge is 0.0216 e. The van der Waals surface area contributed by atoms with Gasteiger partial charge in [0.15, 0.2) is 0 Å². The SMILES string of the molecule is NC1=C[C@@H](S)CCC1. The van der Waals surface area contributed by atoms with Crippen molar-refractivity contribution in [2.75, 3.05) is 0 Å². The third-order valence-corrected chi connectivity index (χ3v) is 1.78. The summed E-state index contributed by atoms with van der Waals surface area (Å²) in [5.41, 5.74) is 6.55. The Balaban J connectivity index is 2.50. The molecule has 0 fully saturated rings. The van der Waals surface area contributed by atoms with E-state index >= 15 is 0 Å². The molecule has 1 nitrogen and oxygen atoms in total. The highest BCUT2D eigenvalue weighted by atomic mass is 32.1. The Labute approximate surface area is 55.4 Å². The number of hydrogen-bond acceptors (Lipinski definition) is 2. The van der Waals surface area contributed by atoms with E-state index in [0.29, 0.717) is 5.25 Å². The Morgan fingerprint density at radius 1 is 1.75 bits per heavy atom. The van der Waals surface area contributed by atoms with Crippen molar-refractivity contribution in [1.82, 2.24) is 0 Å². The van der Waals surface area contributed by atoms with Gasteiger partial charge in [-0.25, -0.2) is 0 Å². The van der Waals surface area contributed by atoms with Crippen LogP contribution in [0.4, 0.5) is 0 Å². The molecule has 0 amide bonds. The quantitative estimate of drug-likeness (QED) is 0.474. The Bertz CT molecular complexity index is 109. The van der Waals surface area contributed by atoms with Crippen LogP contribution in [0.15, 0.2) is 11.8 Å². The van der Waals surface area contributed by atoms with E-state index in [9.17, 15) is 0 Å². The Kier molecular flexibility index (Phi) is 1.84. The minimum atomic E-state index is 0.420. The summed E-state index contributed by atoms with van der Waals surface area (Å²) in [6.07, 6.45) is 5.49. The zero-order chi connectivity index (χ0) is 5.98. The standard InChI is InChI=1S/C6H11NS/c7-5-2-1-3-6(8)4-5/h4,6,8H,1-3,7H2/t6-/m0/s1. The summed E-state index contributed by atoms with van der Waals surface area (Å²) in [6.45, 7) is 0. The fourth-order valence-electron chi connectivity index (χ4n) is 0.929. The van der Waals surface area contributed by atoms with Gasteiger partial charge < -0.3 is 5.73 Å². The van der Waals surface area contributed by atoms with Gasteiger partial charge in [-0.2, -0.15) is 12.6 Å². The van der Waals surface area contributed by atoms with E-state index in [1.807, 2.05) is 6.08 Å². The van der Waals surface area contributed by atoms with Gasteiger partial charge in [0.25, 0.3) is 0 Å². The molecular formula is C6H11NS. The molecule has 0 unspecified atom stereocenters. The van der Waals surface area contributed by atoms with Crippen molar-refractivity contribution in [1.29, 1.82) is 0 Å². The molecule has 1 rings (SSSR count). The first-order valence-corrected chi connectivity index (χ1v) is 3.45. The fourth-order valence-corrected chi connectivity index (χ4v) is 1.30. The minimum absolute atomic E-state index is 0.420. The van der Waals surface area contributed by atoms with Crippen molar-refractivity contribution in [2.45, 2.75) is 24.5 Å². The lowest BCUT2D eigenvalue weighted by Gasteiger charge is -2.12. The van der Waals surface area contributed by atoms with Gasteiger partial charge in [-0.1, -0.05) is 6.08 Å². The van der Waals surface area contributed by atoms with Crippen molar-refractivity contribution in [2.24, 2.45) is 5.73 Å². The summed E-state index contributed by atoms with van der Waals surface area (Å²) in [6, 6.07) is 0. The maximum Gasteiger partial charge on any atom is 0.0216 e. The van der Waals surface area contributed by atoms with Crippen LogP contribution in [0.5, 0.6) is 0 Å². The highest BCUT2D eigenvalue weighted by Crippen LogP contribution is 2.17. The lowest BCUT2D eigenvalue weighted by atomic mass is 10.1. The molecule has 0 saturated carbocycles. The lowest BCUT2D eigenvalue weighted by Crippen LogP contribution is -2.08. The molecule has 0 heterocycles. The van der Waals surface area contributed by atoms with Crippen LogP contribution in [-0.4, -0.2) is 5.25 Å². The summed E-state index contributed by atoms with van der Waals surface area (Å²) in [7, 11) is 0. The van der Waals surface area contributed by atoms with E-state index in [-0.39, 0.29) is 0 Å². The second-order valence-corrected chi connectivity index (χ2v) is 2.86. The molecule has 0 aromatic carbocycles. The highest BCUT2D eigenvalue weighted by Gasteiger charge is 2.05. The zero-order valence-corrected chi connectivity index (χ0v) is 5.70. The second kappa shape index (κ2) is 2.44. The van der Waals surface area contributed by atoms with Crippen LogP contribution in [0, 0.1) is 0 Å². The van der Waals surface area contributed by atoms with E-state index in [4.69, 9.17) is 5.73 Å². The van der Waals surface area contributed by atoms with Crippen LogP contribution in [0.2, 0.25) is 0 Å². The zero-order valence-electron chi connectivity index (χ0n) is 4.80. The number of allylic oxidation sites excluding steroid dienone is 1. The summed E-state index contributed by atoms with van der Waals surface area (Å²) < 4.78 is 0. The molecule has 2 N–H and O–H groups in total. The van der Waals surface area contributed by atoms with Gasteiger partial charge in [-0.05, 0) is 19.3 Å². The number of thiol groups is 1. The number of rotatable bonds is 0. The molecule has 0 bridgehead atoms. The maximum atomic E-state index is 5.54. The Hall–Kier alpha value is -0.110. The minimum Gasteiger partial charge on any atom is -0.402 e. The van der Waals surface area contributed by atoms with Crippen LogP contribution in [0.25, 0.3) is 0 Å². The predicted octanol–water partition coefficient (Wildman–Crippen LogP) is 1.31. The summed E-state index contributed by atoms with van der Waals surface area (Å²) >= 11 is 4.26. The molecule has 1 aliphatic rings. The molecule has 8 heavy (non-hydrogen) atoms. The van der Waals surface area contributed by atoms with Crippen LogP contribution < -0.4 is 5.73 Å². The largest absolute Gasteiger partial charge is 0.402 e. The maximum absolute atomic E-state index is 5.54. The van der Waals surface area contributed by atoms with Crippen LogP contribution in [0.3, 0.4) is 0 Å². The molecule has 0 saturated heterocycles. The summed E-state index contributed by atoms with van der Waals surface area (Å²) in [4.78, 5) is 0. The molecule has 1 atom stereocenters. The van der Waals surface area contributed by atoms with E-state index in [2.05, 4.69) is 12.6 Å². The molecular weight excluding hydrogens is 118 g/mol. The van der Waals surface area contributed by atoms with Gasteiger partial charge in [0.1, 0.15) is 0 Å². The van der Waals surface area contributed by atoms with Gasteiger partial charge in [0.05, 0.1) is 0 Å². The van der Waals surface area contributed by atoms with Crippen molar-refractivity contribution >= 4 is 12.6 Å². The highest BCUT2D eigenvalue weighted by molar-refractivity contribution is 7.81. The van der Waals surface area contributed by atoms with Gasteiger partial charge in [-0.15, -0.1) is 0 Å². The number of nitrogens with two attached hydrogens (primary N) is 1. The third-order valence-electron chi connectivity index (χ3n) is 1.37. The molecule has 0 aliphatic heterocycles. The molecule has 0 spiro atoms. The van der Waals surface area contributed by atoms with E-state index in [0.717, 1.165) is 12.1 Å². The van der Waals surface area contributed by atoms with Gasteiger partial charge in [0, 0.05) is 10.9 Å². The van der Waals surface area contributed by atoms with Crippen LogP contribution >= 0.6 is 12.6 Å². The average Bonchev–Trinajstić information content (AvgIpc) is 1.64. The van der Waals surface area contributed by atoms with Gasteiger partial charge >= 0.3 is 0 Å². The monoisotopic (exact) mass is 129 g/mol. The van der Waals surface area contributed by atoms with E-state index < -0.39 is 0 Å². The van der Waals surface area contributed by atoms with Gasteiger partial charge in [-0.3, -0.25) is 0 Å². The molecule has 0 aromatic heterocycles. The fraction of sp³-hybridized carbons (Fsp3) is 0.667. The number of hydrogen-bond donors (Lipinski definition) is 2. The molecule has 2 heteroatoms. The first-order chi connectivity index (χ1) is 3.79. The first kappa shape index (κ1) is 6.02. The topological polar surface area (TPSA) is 26.0 Å². The first-order valence-electron chi connectivity index (χ1n) is 2.93. The van der Waals surface area contributed by atoms with E-state index in [1.165, 1.54) is 12.8 Å². The van der Waals surface area contributed by atoms with Crippen molar-refractivity contribution in [3.63, 3.8) is 0 Å². The lowest BCUT2D eigenvalue weighted by molar-refractivity contribution is 0.708. The van der Waals surface area contributed by atoms with Crippen molar-refractivity contribution < 1.29 is 0 Å². The van der Waals surface area contributed by atoms with Crippen LogP contribution in [0.1, 0.15) is 19.3 Å². The summed E-state index contributed by atoms with van der Waals surface area (Å²) in [5, 5.41) is 0.420. The summed E-state index contributed by atoms with van der Waals surface area (Å²) in [5.74, 6) is 0. The second-order valence-electron chi connectivity index (χ2n) is 2.20. The normalized spacial score (nSPS) is 29.6. The Morgan fingerprint density at radius 2 is 2.50 bits per heavy atom. The third kappa shape index (κ3) is 1.44. The molecule has 46 valence electrons. The van der Waals surface area contributed by atoms with Crippen molar-refractivity contribution in [3.05, 3.63) is 11.8 Å². The average molecular weight is 129 g/mol. The Morgan fingerprint density at radius 3 is 2.88 bits per heavy atom. The predicted molar refractivity (Wildman–Crippen MR) is 38.9 cm³/mol. The molecule has 0 aromatic rings. The molecule has 1 aliphatic carbocycles. The van der Waals surface area contributed by atoms with Crippen molar-refractivity contribution in [3.8, 4) is 0 Å². The van der Waals surface area contributed by atoms with Crippen LogP contribution in [-0.2, 0) is 0 Å². The van der Waals surface area contributed by atoms with E-state index in [1.54, 1.807) is 0 Å². The molecule has 0 radical (unpaired) electrons.